The van der Waals surface area contributed by atoms with E-state index in [1.165, 1.54) is 16.8 Å². The largest absolute Gasteiger partial charge is 0.491 e. The predicted octanol–water partition coefficient (Wildman–Crippen LogP) is 2.95. The summed E-state index contributed by atoms with van der Waals surface area (Å²) >= 11 is 1.57. The average molecular weight is 428 g/mol. The van der Waals surface area contributed by atoms with E-state index < -0.39 is 6.10 Å². The van der Waals surface area contributed by atoms with Crippen molar-refractivity contribution in [1.29, 1.82) is 0 Å². The van der Waals surface area contributed by atoms with E-state index in [1.807, 2.05) is 19.0 Å². The number of hydrogen-bond acceptors (Lipinski definition) is 6. The van der Waals surface area contributed by atoms with E-state index in [4.69, 9.17) is 4.74 Å². The molecule has 1 aliphatic heterocycles. The number of likely N-dealkylation sites (N-methyl/N-ethyl adjacent to an activating group) is 1. The highest BCUT2D eigenvalue weighted by Gasteiger charge is 2.21. The maximum atomic E-state index is 13.8. The molecule has 1 aliphatic rings. The van der Waals surface area contributed by atoms with Crippen molar-refractivity contribution in [3.63, 3.8) is 0 Å². The van der Waals surface area contributed by atoms with Gasteiger partial charge in [-0.25, -0.2) is 4.39 Å². The molecule has 1 unspecified atom stereocenters. The fraction of sp³-hybridized carbons (Fsp3) is 0.273. The molecule has 156 valence electrons. The average Bonchev–Trinajstić information content (AvgIpc) is 2.71. The molecule has 3 aromatic rings. The Hall–Kier alpha value is -2.68. The van der Waals surface area contributed by atoms with Crippen molar-refractivity contribution in [2.24, 2.45) is 0 Å². The number of aromatic nitrogens is 2. The van der Waals surface area contributed by atoms with Crippen molar-refractivity contribution in [3.05, 3.63) is 70.3 Å². The topological polar surface area (TPSA) is 67.6 Å². The summed E-state index contributed by atoms with van der Waals surface area (Å²) in [6.45, 7) is 0.682. The molecule has 2 heterocycles. The zero-order chi connectivity index (χ0) is 21.3. The Bertz CT molecular complexity index is 1120. The molecule has 2 aromatic carbocycles. The van der Waals surface area contributed by atoms with Crippen molar-refractivity contribution >= 4 is 11.8 Å². The lowest BCUT2D eigenvalue weighted by molar-refractivity contribution is 0.0831. The summed E-state index contributed by atoms with van der Waals surface area (Å²) < 4.78 is 20.7. The first kappa shape index (κ1) is 20.6. The third-order valence-corrected chi connectivity index (χ3v) is 5.81. The van der Waals surface area contributed by atoms with Gasteiger partial charge in [-0.3, -0.25) is 4.79 Å². The summed E-state index contributed by atoms with van der Waals surface area (Å²) in [4.78, 5) is 15.5. The molecule has 1 aromatic heterocycles. The highest BCUT2D eigenvalue weighted by Crippen LogP contribution is 2.40. The fourth-order valence-corrected chi connectivity index (χ4v) is 4.34. The first-order chi connectivity index (χ1) is 14.4. The van der Waals surface area contributed by atoms with Crippen LogP contribution in [0.25, 0.3) is 16.9 Å². The highest BCUT2D eigenvalue weighted by molar-refractivity contribution is 7.98. The van der Waals surface area contributed by atoms with Crippen molar-refractivity contribution in [1.82, 2.24) is 14.7 Å². The van der Waals surface area contributed by atoms with Crippen LogP contribution in [0.3, 0.4) is 0 Å². The number of aliphatic hydroxyl groups is 1. The number of thioether (sulfide) groups is 1. The SMILES string of the molecule is CN(C)CC(O)COc1ccc(-n2nc3c(cc2=O)CSc2ccc(F)cc2-3)cc1. The van der Waals surface area contributed by atoms with Crippen LogP contribution in [0.1, 0.15) is 5.56 Å². The van der Waals surface area contributed by atoms with Crippen LogP contribution in [0.2, 0.25) is 0 Å². The number of halogens is 1. The molecule has 0 aliphatic carbocycles. The smallest absolute Gasteiger partial charge is 0.271 e. The Morgan fingerprint density at radius 1 is 1.23 bits per heavy atom. The molecular weight excluding hydrogens is 405 g/mol. The van der Waals surface area contributed by atoms with Crippen LogP contribution >= 0.6 is 11.8 Å². The van der Waals surface area contributed by atoms with Gasteiger partial charge in [-0.15, -0.1) is 11.8 Å². The van der Waals surface area contributed by atoms with Gasteiger partial charge in [0.2, 0.25) is 0 Å². The molecule has 0 spiro atoms. The zero-order valence-corrected chi connectivity index (χ0v) is 17.5. The first-order valence-corrected chi connectivity index (χ1v) is 10.5. The molecular formula is C22H22FN3O3S. The van der Waals surface area contributed by atoms with Gasteiger partial charge in [-0.05, 0) is 62.1 Å². The van der Waals surface area contributed by atoms with Crippen LogP contribution in [0, 0.1) is 5.82 Å². The van der Waals surface area contributed by atoms with Gasteiger partial charge in [0.05, 0.1) is 11.4 Å². The Balaban J connectivity index is 1.59. The number of nitrogens with zero attached hydrogens (tertiary/aromatic N) is 3. The summed E-state index contributed by atoms with van der Waals surface area (Å²) in [5, 5.41) is 14.5. The molecule has 1 N–H and O–H groups in total. The fourth-order valence-electron chi connectivity index (χ4n) is 3.33. The molecule has 0 bridgehead atoms. The summed E-state index contributed by atoms with van der Waals surface area (Å²) in [6, 6.07) is 13.1. The van der Waals surface area contributed by atoms with Gasteiger partial charge < -0.3 is 14.7 Å². The van der Waals surface area contributed by atoms with E-state index in [2.05, 4.69) is 5.10 Å². The van der Waals surface area contributed by atoms with Crippen LogP contribution in [0.4, 0.5) is 4.39 Å². The van der Waals surface area contributed by atoms with E-state index in [1.54, 1.807) is 48.2 Å². The zero-order valence-electron chi connectivity index (χ0n) is 16.7. The molecule has 8 heteroatoms. The van der Waals surface area contributed by atoms with Crippen molar-refractivity contribution in [3.8, 4) is 22.7 Å². The van der Waals surface area contributed by atoms with Crippen LogP contribution < -0.4 is 10.3 Å². The molecule has 30 heavy (non-hydrogen) atoms. The number of rotatable bonds is 6. The van der Waals surface area contributed by atoms with Crippen LogP contribution in [0.15, 0.2) is 58.2 Å². The second-order valence-corrected chi connectivity index (χ2v) is 8.44. The van der Waals surface area contributed by atoms with Crippen LogP contribution in [-0.4, -0.2) is 53.1 Å². The Kier molecular flexibility index (Phi) is 5.90. The van der Waals surface area contributed by atoms with Gasteiger partial charge >= 0.3 is 0 Å². The van der Waals surface area contributed by atoms with Gasteiger partial charge in [0, 0.05) is 28.8 Å². The number of fused-ring (bicyclic) bond motifs is 3. The molecule has 1 atom stereocenters. The molecule has 0 radical (unpaired) electrons. The minimum atomic E-state index is -0.594. The summed E-state index contributed by atoms with van der Waals surface area (Å²) in [7, 11) is 3.76. The Morgan fingerprint density at radius 2 is 2.00 bits per heavy atom. The normalized spacial score (nSPS) is 13.6. The summed E-state index contributed by atoms with van der Waals surface area (Å²) in [5.74, 6) is 0.880. The van der Waals surface area contributed by atoms with Gasteiger partial charge in [0.25, 0.3) is 5.56 Å². The van der Waals surface area contributed by atoms with E-state index >= 15 is 0 Å². The van der Waals surface area contributed by atoms with Crippen LogP contribution in [0.5, 0.6) is 5.75 Å². The first-order valence-electron chi connectivity index (χ1n) is 9.53. The van der Waals surface area contributed by atoms with Gasteiger partial charge in [0.15, 0.2) is 0 Å². The Morgan fingerprint density at radius 3 is 2.73 bits per heavy atom. The quantitative estimate of drug-likeness (QED) is 0.653. The van der Waals surface area contributed by atoms with Gasteiger partial charge in [0.1, 0.15) is 24.3 Å². The lowest BCUT2D eigenvalue weighted by Gasteiger charge is -2.19. The third kappa shape index (κ3) is 4.40. The Labute approximate surface area is 177 Å². The standard InChI is InChI=1S/C22H22FN3O3S/c1-25(2)11-17(27)12-29-18-6-4-16(5-7-18)26-21(28)9-14-13-30-20-8-3-15(23)10-19(20)22(14)24-26/h3-10,17,27H,11-13H2,1-2H3. The maximum Gasteiger partial charge on any atom is 0.271 e. The predicted molar refractivity (Wildman–Crippen MR) is 115 cm³/mol. The number of benzene rings is 2. The lowest BCUT2D eigenvalue weighted by atomic mass is 10.1. The second kappa shape index (κ2) is 8.59. The minimum absolute atomic E-state index is 0.175. The number of ether oxygens (including phenoxy) is 1. The van der Waals surface area contributed by atoms with E-state index in [-0.39, 0.29) is 18.0 Å². The lowest BCUT2D eigenvalue weighted by Crippen LogP contribution is -2.30. The molecule has 6 nitrogen and oxygen atoms in total. The van der Waals surface area contributed by atoms with Gasteiger partial charge in [-0.2, -0.15) is 9.78 Å². The highest BCUT2D eigenvalue weighted by atomic mass is 32.2. The minimum Gasteiger partial charge on any atom is -0.491 e. The molecule has 0 saturated carbocycles. The third-order valence-electron chi connectivity index (χ3n) is 4.69. The van der Waals surface area contributed by atoms with Crippen molar-refractivity contribution in [2.75, 3.05) is 27.2 Å². The molecule has 4 rings (SSSR count). The van der Waals surface area contributed by atoms with E-state index in [9.17, 15) is 14.3 Å². The molecule has 0 amide bonds. The van der Waals surface area contributed by atoms with Gasteiger partial charge in [-0.1, -0.05) is 0 Å². The van der Waals surface area contributed by atoms with Crippen LogP contribution in [-0.2, 0) is 5.75 Å². The number of hydrogen-bond donors (Lipinski definition) is 1. The van der Waals surface area contributed by atoms with E-state index in [0.29, 0.717) is 35.0 Å². The molecule has 0 saturated heterocycles. The summed E-state index contributed by atoms with van der Waals surface area (Å²) in [6.07, 6.45) is -0.594. The van der Waals surface area contributed by atoms with Crippen molar-refractivity contribution < 1.29 is 14.2 Å². The summed E-state index contributed by atoms with van der Waals surface area (Å²) in [5.41, 5.74) is 2.46. The number of aliphatic hydroxyl groups excluding tert-OH is 1. The maximum absolute atomic E-state index is 13.8. The van der Waals surface area contributed by atoms with Crippen molar-refractivity contribution in [2.45, 2.75) is 16.8 Å². The van der Waals surface area contributed by atoms with E-state index in [0.717, 1.165) is 10.5 Å². The monoisotopic (exact) mass is 427 g/mol. The molecule has 0 fully saturated rings. The second-order valence-electron chi connectivity index (χ2n) is 7.42.